The predicted octanol–water partition coefficient (Wildman–Crippen LogP) is -0.517. The molecule has 0 atom stereocenters. The van der Waals surface area contributed by atoms with Gasteiger partial charge in [0.15, 0.2) is 0 Å². The zero-order valence-corrected chi connectivity index (χ0v) is 7.24. The van der Waals surface area contributed by atoms with Crippen LogP contribution in [0.4, 0.5) is 10.7 Å². The fraction of sp³-hybridized carbons (Fsp3) is 0.333. The van der Waals surface area contributed by atoms with Gasteiger partial charge in [0.05, 0.1) is 0 Å². The number of aryl methyl sites for hydroxylation is 1. The minimum absolute atomic E-state index is 0.154. The molecule has 0 aliphatic heterocycles. The average Bonchev–Trinajstić information content (AvgIpc) is 2.33. The lowest BCUT2D eigenvalue weighted by atomic mass is 10.7. The monoisotopic (exact) mass is 183 g/mol. The van der Waals surface area contributed by atoms with E-state index < -0.39 is 11.9 Å². The molecule has 0 aromatic carbocycles. The Morgan fingerprint density at radius 2 is 2.23 bits per heavy atom. The van der Waals surface area contributed by atoms with Crippen molar-refractivity contribution in [2.45, 2.75) is 6.92 Å². The number of rotatable bonds is 1. The number of hydrogen-bond acceptors (Lipinski definition) is 4. The number of hydrogen-bond donors (Lipinski definition) is 2. The maximum atomic E-state index is 10.9. The zero-order chi connectivity index (χ0) is 9.84. The molecule has 7 heteroatoms. The highest BCUT2D eigenvalue weighted by atomic mass is 16.2. The van der Waals surface area contributed by atoms with Gasteiger partial charge >= 0.3 is 6.03 Å². The van der Waals surface area contributed by atoms with Gasteiger partial charge in [-0.1, -0.05) is 0 Å². The van der Waals surface area contributed by atoms with Crippen molar-refractivity contribution in [1.82, 2.24) is 20.1 Å². The van der Waals surface area contributed by atoms with Crippen LogP contribution in [0.15, 0.2) is 6.33 Å². The van der Waals surface area contributed by atoms with Gasteiger partial charge in [0.1, 0.15) is 6.33 Å². The van der Waals surface area contributed by atoms with Crippen LogP contribution in [0.25, 0.3) is 0 Å². The average molecular weight is 183 g/mol. The largest absolute Gasteiger partial charge is 0.328 e. The van der Waals surface area contributed by atoms with Crippen LogP contribution in [0.2, 0.25) is 0 Å². The number of imide groups is 1. The summed E-state index contributed by atoms with van der Waals surface area (Å²) in [5.41, 5.74) is 0. The van der Waals surface area contributed by atoms with Crippen molar-refractivity contribution in [3.8, 4) is 0 Å². The molecule has 0 unspecified atom stereocenters. The van der Waals surface area contributed by atoms with Gasteiger partial charge in [-0.25, -0.2) is 9.78 Å². The normalized spacial score (nSPS) is 9.38. The lowest BCUT2D eigenvalue weighted by Gasteiger charge is -1.98. The third-order valence-corrected chi connectivity index (χ3v) is 1.11. The first kappa shape index (κ1) is 9.17. The molecule has 0 radical (unpaired) electrons. The summed E-state index contributed by atoms with van der Waals surface area (Å²) in [4.78, 5) is 25.1. The molecule has 0 fully saturated rings. The highest BCUT2D eigenvalue weighted by Gasteiger charge is 2.05. The van der Waals surface area contributed by atoms with Crippen LogP contribution in [0, 0.1) is 0 Å². The molecule has 2 N–H and O–H groups in total. The second-order valence-electron chi connectivity index (χ2n) is 2.38. The number of amides is 3. The van der Waals surface area contributed by atoms with Crippen molar-refractivity contribution < 1.29 is 9.59 Å². The number of anilines is 1. The minimum Gasteiger partial charge on any atom is -0.278 e. The van der Waals surface area contributed by atoms with Crippen molar-refractivity contribution in [3.63, 3.8) is 0 Å². The molecule has 0 aliphatic rings. The van der Waals surface area contributed by atoms with Crippen molar-refractivity contribution in [1.29, 1.82) is 0 Å². The summed E-state index contributed by atoms with van der Waals surface area (Å²) in [6.45, 7) is 1.24. The number of carbonyl (C=O) groups excluding carboxylic acids is 2. The standard InChI is InChI=1S/C6H9N5O2/c1-4(12)8-6(13)9-5-7-3-11(2)10-5/h3H,1-2H3,(H2,8,9,10,12,13). The first-order chi connectivity index (χ1) is 6.08. The SMILES string of the molecule is CC(=O)NC(=O)Nc1ncn(C)n1. The van der Waals surface area contributed by atoms with Gasteiger partial charge in [-0.15, -0.1) is 5.10 Å². The van der Waals surface area contributed by atoms with Gasteiger partial charge in [-0.3, -0.25) is 20.1 Å². The molecule has 1 heterocycles. The van der Waals surface area contributed by atoms with Gasteiger partial charge < -0.3 is 0 Å². The Labute approximate surface area is 74.1 Å². The van der Waals surface area contributed by atoms with Gasteiger partial charge in [-0.2, -0.15) is 0 Å². The van der Waals surface area contributed by atoms with E-state index in [0.29, 0.717) is 0 Å². The predicted molar refractivity (Wildman–Crippen MR) is 43.8 cm³/mol. The summed E-state index contributed by atoms with van der Waals surface area (Å²) in [6.07, 6.45) is 1.43. The van der Waals surface area contributed by atoms with Gasteiger partial charge in [0, 0.05) is 14.0 Å². The number of carbonyl (C=O) groups is 2. The van der Waals surface area contributed by atoms with Crippen LogP contribution in [0.5, 0.6) is 0 Å². The second-order valence-corrected chi connectivity index (χ2v) is 2.38. The van der Waals surface area contributed by atoms with E-state index >= 15 is 0 Å². The highest BCUT2D eigenvalue weighted by Crippen LogP contribution is 1.93. The molecule has 7 nitrogen and oxygen atoms in total. The number of nitrogens with zero attached hydrogens (tertiary/aromatic N) is 3. The van der Waals surface area contributed by atoms with Crippen LogP contribution < -0.4 is 10.6 Å². The van der Waals surface area contributed by atoms with Crippen LogP contribution in [-0.4, -0.2) is 26.7 Å². The zero-order valence-electron chi connectivity index (χ0n) is 7.24. The fourth-order valence-corrected chi connectivity index (χ4v) is 0.689. The molecule has 0 saturated carbocycles. The van der Waals surface area contributed by atoms with E-state index in [4.69, 9.17) is 0 Å². The van der Waals surface area contributed by atoms with E-state index in [1.54, 1.807) is 7.05 Å². The first-order valence-corrected chi connectivity index (χ1v) is 3.52. The summed E-state index contributed by atoms with van der Waals surface area (Å²) >= 11 is 0. The van der Waals surface area contributed by atoms with Crippen molar-refractivity contribution in [2.24, 2.45) is 7.05 Å². The third-order valence-electron chi connectivity index (χ3n) is 1.11. The number of nitrogens with one attached hydrogen (secondary N) is 2. The van der Waals surface area contributed by atoms with E-state index in [1.807, 2.05) is 5.32 Å². The molecule has 0 bridgehead atoms. The fourth-order valence-electron chi connectivity index (χ4n) is 0.689. The van der Waals surface area contributed by atoms with E-state index in [9.17, 15) is 9.59 Å². The van der Waals surface area contributed by atoms with E-state index in [1.165, 1.54) is 17.9 Å². The number of urea groups is 1. The lowest BCUT2D eigenvalue weighted by Crippen LogP contribution is -2.32. The Morgan fingerprint density at radius 1 is 1.54 bits per heavy atom. The summed E-state index contributed by atoms with van der Waals surface area (Å²) in [6, 6.07) is -0.640. The molecule has 0 saturated heterocycles. The second kappa shape index (κ2) is 3.65. The highest BCUT2D eigenvalue weighted by molar-refractivity contribution is 5.99. The molecule has 1 aromatic rings. The minimum atomic E-state index is -0.640. The first-order valence-electron chi connectivity index (χ1n) is 3.52. The Kier molecular flexibility index (Phi) is 2.58. The molecular weight excluding hydrogens is 174 g/mol. The van der Waals surface area contributed by atoms with Crippen LogP contribution in [-0.2, 0) is 11.8 Å². The van der Waals surface area contributed by atoms with E-state index in [-0.39, 0.29) is 5.95 Å². The number of aromatic nitrogens is 3. The molecule has 70 valence electrons. The Morgan fingerprint density at radius 3 is 2.69 bits per heavy atom. The maximum absolute atomic E-state index is 10.9. The smallest absolute Gasteiger partial charge is 0.278 e. The van der Waals surface area contributed by atoms with Gasteiger partial charge in [-0.05, 0) is 0 Å². The summed E-state index contributed by atoms with van der Waals surface area (Å²) in [7, 11) is 1.67. The third kappa shape index (κ3) is 2.89. The van der Waals surface area contributed by atoms with Gasteiger partial charge in [0.2, 0.25) is 11.9 Å². The van der Waals surface area contributed by atoms with Crippen molar-refractivity contribution in [3.05, 3.63) is 6.33 Å². The lowest BCUT2D eigenvalue weighted by molar-refractivity contribution is -0.117. The van der Waals surface area contributed by atoms with Crippen LogP contribution in [0.3, 0.4) is 0 Å². The topological polar surface area (TPSA) is 88.9 Å². The maximum Gasteiger partial charge on any atom is 0.328 e. The molecule has 0 aliphatic carbocycles. The summed E-state index contributed by atoms with van der Waals surface area (Å²) < 4.78 is 1.43. The molecule has 0 spiro atoms. The Hall–Kier alpha value is -1.92. The molecule has 1 rings (SSSR count). The molecule has 1 aromatic heterocycles. The van der Waals surface area contributed by atoms with Crippen molar-refractivity contribution in [2.75, 3.05) is 5.32 Å². The molecular formula is C6H9N5O2. The van der Waals surface area contributed by atoms with Crippen molar-refractivity contribution >= 4 is 17.9 Å². The van der Waals surface area contributed by atoms with E-state index in [0.717, 1.165) is 0 Å². The van der Waals surface area contributed by atoms with Crippen LogP contribution >= 0.6 is 0 Å². The molecule has 3 amide bonds. The van der Waals surface area contributed by atoms with Gasteiger partial charge in [0.25, 0.3) is 0 Å². The summed E-state index contributed by atoms with van der Waals surface area (Å²) in [5.74, 6) is -0.283. The molecule has 13 heavy (non-hydrogen) atoms. The van der Waals surface area contributed by atoms with E-state index in [2.05, 4.69) is 15.4 Å². The summed E-state index contributed by atoms with van der Waals surface area (Å²) in [5, 5.41) is 8.08. The van der Waals surface area contributed by atoms with Crippen LogP contribution in [0.1, 0.15) is 6.92 Å². The quantitative estimate of drug-likeness (QED) is 0.613. The Balaban J connectivity index is 2.50. The Bertz CT molecular complexity index is 332.